The van der Waals surface area contributed by atoms with Crippen molar-refractivity contribution in [2.45, 2.75) is 39.2 Å². The van der Waals surface area contributed by atoms with Crippen LogP contribution < -0.4 is 9.47 Å². The molecule has 114 valence electrons. The topological polar surface area (TPSA) is 55.8 Å². The lowest BCUT2D eigenvalue weighted by molar-refractivity contribution is -0.131. The molecule has 0 aliphatic carbocycles. The van der Waals surface area contributed by atoms with E-state index in [1.165, 1.54) is 4.90 Å². The van der Waals surface area contributed by atoms with Crippen LogP contribution in [0.25, 0.3) is 0 Å². The van der Waals surface area contributed by atoms with Crippen LogP contribution in [-0.4, -0.2) is 36.5 Å². The summed E-state index contributed by atoms with van der Waals surface area (Å²) in [5.41, 5.74) is 0.530. The fraction of sp³-hybridized carbons (Fsp3) is 0.500. The van der Waals surface area contributed by atoms with E-state index in [1.807, 2.05) is 6.92 Å². The molecule has 1 aromatic carbocycles. The third-order valence-electron chi connectivity index (χ3n) is 3.76. The summed E-state index contributed by atoms with van der Waals surface area (Å²) in [4.78, 5) is 26.0. The highest BCUT2D eigenvalue weighted by atomic mass is 16.7. The molecule has 1 aliphatic rings. The molecule has 1 unspecified atom stereocenters. The first-order valence-electron chi connectivity index (χ1n) is 7.24. The summed E-state index contributed by atoms with van der Waals surface area (Å²) in [6.45, 7) is 3.96. The molecule has 0 saturated carbocycles. The number of hydrogen-bond acceptors (Lipinski definition) is 4. The second-order valence-electron chi connectivity index (χ2n) is 5.22. The molecule has 0 radical (unpaired) electrons. The lowest BCUT2D eigenvalue weighted by Crippen LogP contribution is -2.40. The van der Waals surface area contributed by atoms with Crippen molar-refractivity contribution in [3.05, 3.63) is 23.8 Å². The molecule has 21 heavy (non-hydrogen) atoms. The van der Waals surface area contributed by atoms with Crippen LogP contribution in [0.3, 0.4) is 0 Å². The first-order valence-corrected chi connectivity index (χ1v) is 7.24. The Kier molecular flexibility index (Phi) is 4.83. The van der Waals surface area contributed by atoms with Gasteiger partial charge in [0.1, 0.15) is 0 Å². The summed E-state index contributed by atoms with van der Waals surface area (Å²) in [5, 5.41) is 0. The Balaban J connectivity index is 2.06. The van der Waals surface area contributed by atoms with E-state index in [4.69, 9.17) is 9.47 Å². The Hall–Kier alpha value is -2.04. The quantitative estimate of drug-likeness (QED) is 0.756. The number of nitrogens with zero attached hydrogens (tertiary/aromatic N) is 1. The molecule has 5 heteroatoms. The van der Waals surface area contributed by atoms with Crippen LogP contribution in [0, 0.1) is 0 Å². The Labute approximate surface area is 124 Å². The fourth-order valence-electron chi connectivity index (χ4n) is 2.19. The summed E-state index contributed by atoms with van der Waals surface area (Å²) >= 11 is 0. The summed E-state index contributed by atoms with van der Waals surface area (Å²) in [5.74, 6) is 1.12. The maximum Gasteiger partial charge on any atom is 0.231 e. The van der Waals surface area contributed by atoms with Crippen LogP contribution in [0.2, 0.25) is 0 Å². The van der Waals surface area contributed by atoms with Crippen molar-refractivity contribution in [2.24, 2.45) is 0 Å². The number of carbonyl (C=O) groups excluding carboxylic acids is 2. The normalized spacial score (nSPS) is 13.9. The van der Waals surface area contributed by atoms with Gasteiger partial charge in [-0.15, -0.1) is 0 Å². The van der Waals surface area contributed by atoms with Gasteiger partial charge < -0.3 is 14.4 Å². The third-order valence-corrected chi connectivity index (χ3v) is 3.76. The SMILES string of the molecule is CCCCC(=O)N(C)C(C)C(=O)c1ccc2c(c1)OCO2. The zero-order valence-corrected chi connectivity index (χ0v) is 12.7. The van der Waals surface area contributed by atoms with Crippen molar-refractivity contribution in [3.63, 3.8) is 0 Å². The van der Waals surface area contributed by atoms with Crippen LogP contribution in [0.4, 0.5) is 0 Å². The fourth-order valence-corrected chi connectivity index (χ4v) is 2.19. The van der Waals surface area contributed by atoms with Gasteiger partial charge in [0.2, 0.25) is 12.7 Å². The second-order valence-corrected chi connectivity index (χ2v) is 5.22. The lowest BCUT2D eigenvalue weighted by atomic mass is 10.0. The predicted molar refractivity (Wildman–Crippen MR) is 78.7 cm³/mol. The highest BCUT2D eigenvalue weighted by molar-refractivity contribution is 6.02. The number of likely N-dealkylation sites (N-methyl/N-ethyl adjacent to an activating group) is 1. The molecule has 0 saturated heterocycles. The number of carbonyl (C=O) groups is 2. The molecule has 0 bridgehead atoms. The number of benzene rings is 1. The molecule has 2 rings (SSSR count). The maximum atomic E-state index is 12.5. The van der Waals surface area contributed by atoms with E-state index in [0.717, 1.165) is 12.8 Å². The van der Waals surface area contributed by atoms with Crippen molar-refractivity contribution in [3.8, 4) is 11.5 Å². The van der Waals surface area contributed by atoms with Crippen LogP contribution in [0.5, 0.6) is 11.5 Å². The minimum Gasteiger partial charge on any atom is -0.454 e. The van der Waals surface area contributed by atoms with E-state index in [2.05, 4.69) is 0 Å². The molecule has 0 spiro atoms. The number of amides is 1. The van der Waals surface area contributed by atoms with E-state index in [0.29, 0.717) is 23.5 Å². The second kappa shape index (κ2) is 6.61. The minimum atomic E-state index is -0.491. The molecule has 5 nitrogen and oxygen atoms in total. The average molecular weight is 291 g/mol. The smallest absolute Gasteiger partial charge is 0.231 e. The van der Waals surface area contributed by atoms with Crippen molar-refractivity contribution < 1.29 is 19.1 Å². The standard InChI is InChI=1S/C16H21NO4/c1-4-5-6-15(18)17(3)11(2)16(19)12-7-8-13-14(9-12)21-10-20-13/h7-9,11H,4-6,10H2,1-3H3. The maximum absolute atomic E-state index is 12.5. The summed E-state index contributed by atoms with van der Waals surface area (Å²) < 4.78 is 10.5. The van der Waals surface area contributed by atoms with Gasteiger partial charge in [-0.05, 0) is 31.5 Å². The number of ether oxygens (including phenoxy) is 2. The molecular weight excluding hydrogens is 270 g/mol. The van der Waals surface area contributed by atoms with Crippen LogP contribution >= 0.6 is 0 Å². The molecule has 1 amide bonds. The molecule has 0 fully saturated rings. The number of hydrogen-bond donors (Lipinski definition) is 0. The number of fused-ring (bicyclic) bond motifs is 1. The highest BCUT2D eigenvalue weighted by Crippen LogP contribution is 2.32. The van der Waals surface area contributed by atoms with E-state index in [-0.39, 0.29) is 18.5 Å². The molecule has 0 aromatic heterocycles. The Morgan fingerprint density at radius 1 is 1.29 bits per heavy atom. The van der Waals surface area contributed by atoms with Crippen molar-refractivity contribution in [2.75, 3.05) is 13.8 Å². The molecule has 1 heterocycles. The van der Waals surface area contributed by atoms with Gasteiger partial charge in [0.15, 0.2) is 17.3 Å². The zero-order chi connectivity index (χ0) is 15.4. The van der Waals surface area contributed by atoms with Crippen molar-refractivity contribution in [1.82, 2.24) is 4.90 Å². The van der Waals surface area contributed by atoms with E-state index >= 15 is 0 Å². The molecule has 1 atom stereocenters. The number of ketones is 1. The lowest BCUT2D eigenvalue weighted by Gasteiger charge is -2.24. The highest BCUT2D eigenvalue weighted by Gasteiger charge is 2.24. The number of Topliss-reactive ketones (excluding diaryl/α,β-unsaturated/α-hetero) is 1. The van der Waals surface area contributed by atoms with Gasteiger partial charge >= 0.3 is 0 Å². The monoisotopic (exact) mass is 291 g/mol. The minimum absolute atomic E-state index is 0.00144. The zero-order valence-electron chi connectivity index (χ0n) is 12.7. The number of rotatable bonds is 6. The molecule has 1 aliphatic heterocycles. The van der Waals surface area contributed by atoms with Gasteiger partial charge in [0.05, 0.1) is 6.04 Å². The van der Waals surface area contributed by atoms with E-state index in [9.17, 15) is 9.59 Å². The third kappa shape index (κ3) is 3.35. The van der Waals surface area contributed by atoms with Gasteiger partial charge in [-0.25, -0.2) is 0 Å². The molecule has 0 N–H and O–H groups in total. The van der Waals surface area contributed by atoms with Gasteiger partial charge in [0.25, 0.3) is 0 Å². The van der Waals surface area contributed by atoms with Crippen molar-refractivity contribution in [1.29, 1.82) is 0 Å². The predicted octanol–water partition coefficient (Wildman–Crippen LogP) is 2.64. The van der Waals surface area contributed by atoms with Crippen LogP contribution in [0.1, 0.15) is 43.5 Å². The molecular formula is C16H21NO4. The van der Waals surface area contributed by atoms with Crippen LogP contribution in [0.15, 0.2) is 18.2 Å². The van der Waals surface area contributed by atoms with Gasteiger partial charge in [0, 0.05) is 19.0 Å². The average Bonchev–Trinajstić information content (AvgIpc) is 2.97. The first-order chi connectivity index (χ1) is 10.0. The van der Waals surface area contributed by atoms with E-state index < -0.39 is 6.04 Å². The molecule has 1 aromatic rings. The summed E-state index contributed by atoms with van der Waals surface area (Å²) in [6, 6.07) is 4.61. The van der Waals surface area contributed by atoms with Crippen molar-refractivity contribution >= 4 is 11.7 Å². The summed E-state index contributed by atoms with van der Waals surface area (Å²) in [7, 11) is 1.67. The Bertz CT molecular complexity index is 541. The largest absolute Gasteiger partial charge is 0.454 e. The number of unbranched alkanes of at least 4 members (excludes halogenated alkanes) is 1. The summed E-state index contributed by atoms with van der Waals surface area (Å²) in [6.07, 6.45) is 2.28. The Morgan fingerprint density at radius 3 is 2.71 bits per heavy atom. The van der Waals surface area contributed by atoms with Gasteiger partial charge in [-0.2, -0.15) is 0 Å². The van der Waals surface area contributed by atoms with Gasteiger partial charge in [-0.1, -0.05) is 13.3 Å². The van der Waals surface area contributed by atoms with E-state index in [1.54, 1.807) is 32.2 Å². The first kappa shape index (κ1) is 15.4. The van der Waals surface area contributed by atoms with Gasteiger partial charge in [-0.3, -0.25) is 9.59 Å². The van der Waals surface area contributed by atoms with Crippen LogP contribution in [-0.2, 0) is 4.79 Å². The Morgan fingerprint density at radius 2 is 2.00 bits per heavy atom.